The van der Waals surface area contributed by atoms with E-state index < -0.39 is 0 Å². The predicted molar refractivity (Wildman–Crippen MR) is 105 cm³/mol. The highest BCUT2D eigenvalue weighted by Crippen LogP contribution is 2.20. The van der Waals surface area contributed by atoms with Gasteiger partial charge in [-0.15, -0.1) is 0 Å². The summed E-state index contributed by atoms with van der Waals surface area (Å²) < 4.78 is 0. The Labute approximate surface area is 164 Å². The minimum Gasteiger partial charge on any atom is -0.369 e. The minimum atomic E-state index is 0.129. The molecule has 0 aliphatic carbocycles. The molecule has 3 rings (SSSR count). The van der Waals surface area contributed by atoms with Crippen molar-refractivity contribution in [2.75, 3.05) is 42.9 Å². The van der Waals surface area contributed by atoms with Gasteiger partial charge in [-0.1, -0.05) is 18.5 Å². The number of anilines is 2. The van der Waals surface area contributed by atoms with Crippen LogP contribution in [0.15, 0.2) is 18.5 Å². The molecular weight excluding hydrogens is 366 g/mol. The molecule has 2 aromatic heterocycles. The number of aromatic nitrogens is 4. The van der Waals surface area contributed by atoms with Crippen molar-refractivity contribution in [3.8, 4) is 0 Å². The van der Waals surface area contributed by atoms with Gasteiger partial charge in [0.2, 0.25) is 11.9 Å². The number of hydrogen-bond donors (Lipinski definition) is 1. The van der Waals surface area contributed by atoms with Gasteiger partial charge in [-0.2, -0.15) is 0 Å². The molecule has 0 bridgehead atoms. The molecule has 0 atom stereocenters. The molecule has 1 amide bonds. The maximum Gasteiger partial charge on any atom is 0.225 e. The lowest BCUT2D eigenvalue weighted by Crippen LogP contribution is -2.49. The summed E-state index contributed by atoms with van der Waals surface area (Å²) in [6.07, 6.45) is 4.58. The van der Waals surface area contributed by atoms with Gasteiger partial charge in [0.25, 0.3) is 0 Å². The van der Waals surface area contributed by atoms with E-state index in [1.165, 1.54) is 0 Å². The van der Waals surface area contributed by atoms with E-state index in [1.54, 1.807) is 18.5 Å². The molecule has 0 radical (unpaired) electrons. The Kier molecular flexibility index (Phi) is 6.39. The van der Waals surface area contributed by atoms with Crippen LogP contribution >= 0.6 is 11.6 Å². The highest BCUT2D eigenvalue weighted by atomic mass is 35.5. The third-order valence-electron chi connectivity index (χ3n) is 4.55. The van der Waals surface area contributed by atoms with Crippen LogP contribution in [0.3, 0.4) is 0 Å². The predicted octanol–water partition coefficient (Wildman–Crippen LogP) is 1.94. The van der Waals surface area contributed by atoms with Gasteiger partial charge < -0.3 is 15.1 Å². The number of piperazine rings is 1. The zero-order valence-corrected chi connectivity index (χ0v) is 16.4. The first kappa shape index (κ1) is 19.3. The normalized spacial score (nSPS) is 14.3. The number of carbonyl (C=O) groups excluding carboxylic acids is 1. The topological polar surface area (TPSA) is 87.1 Å². The molecule has 9 heteroatoms. The fourth-order valence-corrected chi connectivity index (χ4v) is 3.11. The van der Waals surface area contributed by atoms with Crippen LogP contribution in [0.2, 0.25) is 5.15 Å². The Morgan fingerprint density at radius 1 is 1.19 bits per heavy atom. The molecular formula is C18H24ClN7O. The van der Waals surface area contributed by atoms with E-state index in [0.29, 0.717) is 55.2 Å². The third-order valence-corrected chi connectivity index (χ3v) is 4.92. The number of hydrogen-bond acceptors (Lipinski definition) is 7. The van der Waals surface area contributed by atoms with Crippen molar-refractivity contribution in [2.45, 2.75) is 26.7 Å². The number of amides is 1. The number of carbonyl (C=O) groups is 1. The maximum atomic E-state index is 12.5. The molecule has 1 aliphatic heterocycles. The lowest BCUT2D eigenvalue weighted by atomic mass is 10.2. The van der Waals surface area contributed by atoms with E-state index in [9.17, 15) is 4.79 Å². The molecule has 1 saturated heterocycles. The Morgan fingerprint density at radius 2 is 1.89 bits per heavy atom. The standard InChI is InChI=1S/C18H24ClN7O/c1-3-14-23-16(19)13(2)17(24-14)20-8-5-15(27)25-9-11-26(12-10-25)18-21-6-4-7-22-18/h4,6-7H,3,5,8-12H2,1-2H3,(H,20,23,24). The fraction of sp³-hybridized carbons (Fsp3) is 0.500. The van der Waals surface area contributed by atoms with E-state index in [0.717, 1.165) is 18.7 Å². The lowest BCUT2D eigenvalue weighted by Gasteiger charge is -2.34. The maximum absolute atomic E-state index is 12.5. The van der Waals surface area contributed by atoms with Gasteiger partial charge in [-0.25, -0.2) is 19.9 Å². The van der Waals surface area contributed by atoms with Crippen molar-refractivity contribution in [3.63, 3.8) is 0 Å². The molecule has 0 saturated carbocycles. The average Bonchev–Trinajstić information content (AvgIpc) is 2.71. The van der Waals surface area contributed by atoms with Gasteiger partial charge in [0.1, 0.15) is 16.8 Å². The van der Waals surface area contributed by atoms with Crippen LogP contribution in [0.1, 0.15) is 24.7 Å². The van der Waals surface area contributed by atoms with Crippen LogP contribution in [-0.2, 0) is 11.2 Å². The number of nitrogens with one attached hydrogen (secondary N) is 1. The molecule has 0 spiro atoms. The number of aryl methyl sites for hydroxylation is 1. The summed E-state index contributed by atoms with van der Waals surface area (Å²) in [4.78, 5) is 33.7. The average molecular weight is 390 g/mol. The largest absolute Gasteiger partial charge is 0.369 e. The molecule has 27 heavy (non-hydrogen) atoms. The molecule has 1 fully saturated rings. The van der Waals surface area contributed by atoms with Crippen LogP contribution in [-0.4, -0.2) is 63.5 Å². The molecule has 8 nitrogen and oxygen atoms in total. The first-order chi connectivity index (χ1) is 13.1. The summed E-state index contributed by atoms with van der Waals surface area (Å²) >= 11 is 6.14. The van der Waals surface area contributed by atoms with Crippen LogP contribution in [0, 0.1) is 6.92 Å². The van der Waals surface area contributed by atoms with Crippen molar-refractivity contribution >= 4 is 29.3 Å². The van der Waals surface area contributed by atoms with Crippen LogP contribution in [0.4, 0.5) is 11.8 Å². The molecule has 144 valence electrons. The van der Waals surface area contributed by atoms with Gasteiger partial charge in [0, 0.05) is 63.5 Å². The molecule has 1 aliphatic rings. The highest BCUT2D eigenvalue weighted by molar-refractivity contribution is 6.30. The summed E-state index contributed by atoms with van der Waals surface area (Å²) in [5, 5.41) is 3.67. The van der Waals surface area contributed by atoms with Crippen molar-refractivity contribution < 1.29 is 4.79 Å². The Balaban J connectivity index is 1.47. The Hall–Kier alpha value is -2.48. The quantitative estimate of drug-likeness (QED) is 0.755. The summed E-state index contributed by atoms with van der Waals surface area (Å²) in [6, 6.07) is 1.80. The summed E-state index contributed by atoms with van der Waals surface area (Å²) in [7, 11) is 0. The fourth-order valence-electron chi connectivity index (χ4n) is 2.92. The zero-order chi connectivity index (χ0) is 19.2. The highest BCUT2D eigenvalue weighted by Gasteiger charge is 2.22. The van der Waals surface area contributed by atoms with Gasteiger partial charge in [-0.3, -0.25) is 4.79 Å². The van der Waals surface area contributed by atoms with Crippen molar-refractivity contribution in [1.29, 1.82) is 0 Å². The molecule has 0 aromatic carbocycles. The van der Waals surface area contributed by atoms with Crippen LogP contribution in [0.25, 0.3) is 0 Å². The second kappa shape index (κ2) is 8.94. The lowest BCUT2D eigenvalue weighted by molar-refractivity contribution is -0.131. The van der Waals surface area contributed by atoms with Crippen LogP contribution in [0.5, 0.6) is 0 Å². The third kappa shape index (κ3) is 4.82. The van der Waals surface area contributed by atoms with Crippen molar-refractivity contribution in [2.24, 2.45) is 0 Å². The van der Waals surface area contributed by atoms with Gasteiger partial charge >= 0.3 is 0 Å². The van der Waals surface area contributed by atoms with Gasteiger partial charge in [0.15, 0.2) is 0 Å². The number of rotatable bonds is 6. The van der Waals surface area contributed by atoms with E-state index in [2.05, 4.69) is 30.2 Å². The molecule has 0 unspecified atom stereocenters. The van der Waals surface area contributed by atoms with Crippen LogP contribution < -0.4 is 10.2 Å². The van der Waals surface area contributed by atoms with E-state index in [-0.39, 0.29) is 5.91 Å². The van der Waals surface area contributed by atoms with Gasteiger partial charge in [-0.05, 0) is 13.0 Å². The number of halogens is 1. The summed E-state index contributed by atoms with van der Waals surface area (Å²) in [5.41, 5.74) is 0.804. The zero-order valence-electron chi connectivity index (χ0n) is 15.7. The number of nitrogens with zero attached hydrogens (tertiary/aromatic N) is 6. The molecule has 1 N–H and O–H groups in total. The summed E-state index contributed by atoms with van der Waals surface area (Å²) in [6.45, 7) is 7.20. The Morgan fingerprint density at radius 3 is 2.56 bits per heavy atom. The SMILES string of the molecule is CCc1nc(Cl)c(C)c(NCCC(=O)N2CCN(c3ncccn3)CC2)n1. The van der Waals surface area contributed by atoms with Crippen molar-refractivity contribution in [3.05, 3.63) is 35.0 Å². The minimum absolute atomic E-state index is 0.129. The van der Waals surface area contributed by atoms with E-state index in [1.807, 2.05) is 18.7 Å². The monoisotopic (exact) mass is 389 g/mol. The summed E-state index contributed by atoms with van der Waals surface area (Å²) in [5.74, 6) is 2.24. The smallest absolute Gasteiger partial charge is 0.225 e. The van der Waals surface area contributed by atoms with Gasteiger partial charge in [0.05, 0.1) is 0 Å². The second-order valence-corrected chi connectivity index (χ2v) is 6.71. The second-order valence-electron chi connectivity index (χ2n) is 6.35. The van der Waals surface area contributed by atoms with Crippen molar-refractivity contribution in [1.82, 2.24) is 24.8 Å². The Bertz CT molecular complexity index is 779. The first-order valence-corrected chi connectivity index (χ1v) is 9.53. The van der Waals surface area contributed by atoms with E-state index >= 15 is 0 Å². The first-order valence-electron chi connectivity index (χ1n) is 9.15. The molecule has 2 aromatic rings. The molecule has 3 heterocycles. The van der Waals surface area contributed by atoms with E-state index in [4.69, 9.17) is 11.6 Å².